The van der Waals surface area contributed by atoms with Crippen LogP contribution in [0.3, 0.4) is 0 Å². The minimum absolute atomic E-state index is 0. The third kappa shape index (κ3) is 6.07. The van der Waals surface area contributed by atoms with Gasteiger partial charge in [0.2, 0.25) is 0 Å². The zero-order valence-corrected chi connectivity index (χ0v) is 18.5. The Morgan fingerprint density at radius 2 is 1.86 bits per heavy atom. The van der Waals surface area contributed by atoms with E-state index in [2.05, 4.69) is 10.2 Å². The summed E-state index contributed by atoms with van der Waals surface area (Å²) in [5.74, 6) is 0.829. The minimum atomic E-state index is -0.247. The number of guanidine groups is 1. The molecule has 1 heterocycles. The third-order valence-corrected chi connectivity index (χ3v) is 4.48. The normalized spacial score (nSPS) is 19.8. The van der Waals surface area contributed by atoms with Crippen LogP contribution >= 0.6 is 24.0 Å². The fraction of sp³-hybridized carbons (Fsp3) is 0.381. The smallest absolute Gasteiger partial charge is 0.194 e. The summed E-state index contributed by atoms with van der Waals surface area (Å²) in [6.45, 7) is 6.75. The molecule has 0 saturated carbocycles. The summed E-state index contributed by atoms with van der Waals surface area (Å²) < 4.78 is 19.3. The lowest BCUT2D eigenvalue weighted by atomic mass is 10.1. The second-order valence-electron chi connectivity index (χ2n) is 6.73. The lowest BCUT2D eigenvalue weighted by Gasteiger charge is -2.38. The Hall–Kier alpha value is -1.87. The van der Waals surface area contributed by atoms with Gasteiger partial charge in [0.05, 0.1) is 19.2 Å². The first kappa shape index (κ1) is 22.4. The van der Waals surface area contributed by atoms with E-state index in [0.29, 0.717) is 13.1 Å². The van der Waals surface area contributed by atoms with Gasteiger partial charge in [0.1, 0.15) is 17.7 Å². The molecule has 0 spiro atoms. The Labute approximate surface area is 182 Å². The fourth-order valence-electron chi connectivity index (χ4n) is 3.18. The number of phenolic OH excluding ortho intramolecular Hbond substituents is 1. The number of hydrogen-bond acceptors (Lipinski definition) is 3. The van der Waals surface area contributed by atoms with Crippen LogP contribution in [0.2, 0.25) is 0 Å². The van der Waals surface area contributed by atoms with Crippen molar-refractivity contribution in [1.82, 2.24) is 10.2 Å². The molecule has 2 atom stereocenters. The second kappa shape index (κ2) is 10.6. The van der Waals surface area contributed by atoms with Gasteiger partial charge in [-0.2, -0.15) is 0 Å². The van der Waals surface area contributed by atoms with E-state index in [0.717, 1.165) is 30.2 Å². The quantitative estimate of drug-likeness (QED) is 0.379. The molecule has 152 valence electrons. The van der Waals surface area contributed by atoms with Crippen molar-refractivity contribution < 1.29 is 14.2 Å². The van der Waals surface area contributed by atoms with E-state index in [1.54, 1.807) is 24.3 Å². The number of morpholine rings is 1. The Morgan fingerprint density at radius 3 is 2.50 bits per heavy atom. The van der Waals surface area contributed by atoms with Gasteiger partial charge in [-0.25, -0.2) is 9.38 Å². The standard InChI is InChI=1S/C21H26FN3O2.HI/c1-3-23-21(24-12-16-4-10-19(26)11-5-16)25-13-15(2)27-20(14-25)17-6-8-18(22)9-7-17;/h4-11,15,20,26H,3,12-14H2,1-2H3,(H,23,24);1H. The average Bonchev–Trinajstić information content (AvgIpc) is 2.66. The van der Waals surface area contributed by atoms with E-state index in [9.17, 15) is 9.50 Å². The predicted molar refractivity (Wildman–Crippen MR) is 120 cm³/mol. The summed E-state index contributed by atoms with van der Waals surface area (Å²) >= 11 is 0. The maximum Gasteiger partial charge on any atom is 0.194 e. The number of halogens is 2. The molecule has 3 rings (SSSR count). The summed E-state index contributed by atoms with van der Waals surface area (Å²) in [5.41, 5.74) is 1.99. The second-order valence-corrected chi connectivity index (χ2v) is 6.73. The van der Waals surface area contributed by atoms with Crippen LogP contribution in [0.4, 0.5) is 4.39 Å². The molecule has 0 amide bonds. The van der Waals surface area contributed by atoms with Gasteiger partial charge in [0, 0.05) is 13.1 Å². The van der Waals surface area contributed by atoms with Crippen molar-refractivity contribution in [3.05, 3.63) is 65.5 Å². The first-order valence-electron chi connectivity index (χ1n) is 9.27. The largest absolute Gasteiger partial charge is 0.508 e. The Morgan fingerprint density at radius 1 is 1.18 bits per heavy atom. The molecule has 7 heteroatoms. The van der Waals surface area contributed by atoms with Gasteiger partial charge in [-0.3, -0.25) is 0 Å². The van der Waals surface area contributed by atoms with Crippen LogP contribution in [0.25, 0.3) is 0 Å². The van der Waals surface area contributed by atoms with E-state index in [1.165, 1.54) is 12.1 Å². The van der Waals surface area contributed by atoms with Crippen molar-refractivity contribution in [3.63, 3.8) is 0 Å². The number of aliphatic imine (C=N–C) groups is 1. The summed E-state index contributed by atoms with van der Waals surface area (Å²) in [5, 5.41) is 12.8. The maximum absolute atomic E-state index is 13.2. The van der Waals surface area contributed by atoms with Crippen molar-refractivity contribution in [2.45, 2.75) is 32.6 Å². The van der Waals surface area contributed by atoms with Crippen LogP contribution in [0.5, 0.6) is 5.75 Å². The lowest BCUT2D eigenvalue weighted by molar-refractivity contribution is -0.0605. The Bertz CT molecular complexity index is 768. The van der Waals surface area contributed by atoms with Crippen LogP contribution < -0.4 is 5.32 Å². The molecular formula is C21H27FIN3O2. The molecule has 0 radical (unpaired) electrons. The van der Waals surface area contributed by atoms with E-state index in [-0.39, 0.29) is 47.8 Å². The number of phenols is 1. The molecule has 1 aliphatic rings. The highest BCUT2D eigenvalue weighted by atomic mass is 127. The van der Waals surface area contributed by atoms with Gasteiger partial charge in [0.15, 0.2) is 5.96 Å². The van der Waals surface area contributed by atoms with Crippen LogP contribution in [-0.2, 0) is 11.3 Å². The summed E-state index contributed by atoms with van der Waals surface area (Å²) in [7, 11) is 0. The molecule has 0 bridgehead atoms. The molecule has 1 saturated heterocycles. The van der Waals surface area contributed by atoms with Crippen molar-refractivity contribution in [3.8, 4) is 5.75 Å². The van der Waals surface area contributed by atoms with Crippen molar-refractivity contribution in [2.75, 3.05) is 19.6 Å². The first-order chi connectivity index (χ1) is 13.0. The van der Waals surface area contributed by atoms with Crippen molar-refractivity contribution in [2.24, 2.45) is 4.99 Å². The molecule has 2 unspecified atom stereocenters. The molecule has 0 aromatic heterocycles. The topological polar surface area (TPSA) is 57.1 Å². The van der Waals surface area contributed by atoms with Gasteiger partial charge in [-0.1, -0.05) is 24.3 Å². The monoisotopic (exact) mass is 499 g/mol. The van der Waals surface area contributed by atoms with E-state index in [4.69, 9.17) is 9.73 Å². The molecule has 5 nitrogen and oxygen atoms in total. The predicted octanol–water partition coefficient (Wildman–Crippen LogP) is 4.08. The summed E-state index contributed by atoms with van der Waals surface area (Å²) in [4.78, 5) is 6.93. The molecule has 2 aromatic rings. The van der Waals surface area contributed by atoms with Gasteiger partial charge >= 0.3 is 0 Å². The zero-order chi connectivity index (χ0) is 19.2. The molecule has 1 aliphatic heterocycles. The van der Waals surface area contributed by atoms with Crippen molar-refractivity contribution in [1.29, 1.82) is 0 Å². The number of ether oxygens (including phenoxy) is 1. The molecule has 1 fully saturated rings. The minimum Gasteiger partial charge on any atom is -0.508 e. The highest BCUT2D eigenvalue weighted by Gasteiger charge is 2.28. The van der Waals surface area contributed by atoms with Gasteiger partial charge in [-0.15, -0.1) is 24.0 Å². The highest BCUT2D eigenvalue weighted by Crippen LogP contribution is 2.25. The zero-order valence-electron chi connectivity index (χ0n) is 16.1. The van der Waals surface area contributed by atoms with Crippen LogP contribution in [0, 0.1) is 5.82 Å². The maximum atomic E-state index is 13.2. The number of hydrogen-bond donors (Lipinski definition) is 2. The highest BCUT2D eigenvalue weighted by molar-refractivity contribution is 14.0. The van der Waals surface area contributed by atoms with E-state index < -0.39 is 0 Å². The van der Waals surface area contributed by atoms with Gasteiger partial charge < -0.3 is 20.1 Å². The Balaban J connectivity index is 0.00000280. The molecule has 28 heavy (non-hydrogen) atoms. The van der Waals surface area contributed by atoms with Crippen LogP contribution in [-0.4, -0.2) is 41.7 Å². The number of nitrogens with zero attached hydrogens (tertiary/aromatic N) is 2. The Kier molecular flexibility index (Phi) is 8.50. The third-order valence-electron chi connectivity index (χ3n) is 4.48. The SMILES string of the molecule is CCNC(=NCc1ccc(O)cc1)N1CC(C)OC(c2ccc(F)cc2)C1.I. The van der Waals surface area contributed by atoms with Crippen LogP contribution in [0.1, 0.15) is 31.1 Å². The molecule has 2 aromatic carbocycles. The molecule has 0 aliphatic carbocycles. The fourth-order valence-corrected chi connectivity index (χ4v) is 3.18. The van der Waals surface area contributed by atoms with Gasteiger partial charge in [-0.05, 0) is 49.2 Å². The summed E-state index contributed by atoms with van der Waals surface area (Å²) in [6.07, 6.45) is -0.0989. The lowest BCUT2D eigenvalue weighted by Crippen LogP contribution is -2.50. The van der Waals surface area contributed by atoms with E-state index in [1.807, 2.05) is 26.0 Å². The molecule has 2 N–H and O–H groups in total. The number of aromatic hydroxyl groups is 1. The number of benzene rings is 2. The average molecular weight is 499 g/mol. The first-order valence-corrected chi connectivity index (χ1v) is 9.27. The molecular weight excluding hydrogens is 472 g/mol. The van der Waals surface area contributed by atoms with Crippen molar-refractivity contribution >= 4 is 29.9 Å². The van der Waals surface area contributed by atoms with E-state index >= 15 is 0 Å². The number of nitrogens with one attached hydrogen (secondary N) is 1. The number of rotatable bonds is 4. The summed E-state index contributed by atoms with van der Waals surface area (Å²) in [6, 6.07) is 13.5. The van der Waals surface area contributed by atoms with Crippen LogP contribution in [0.15, 0.2) is 53.5 Å². The van der Waals surface area contributed by atoms with Gasteiger partial charge in [0.25, 0.3) is 0 Å².